The number of hydrogen-bond donors (Lipinski definition) is 3. The van der Waals surface area contributed by atoms with Gasteiger partial charge in [-0.1, -0.05) is 29.8 Å². The minimum atomic E-state index is -0.0239. The SMILES string of the molecule is CN=C(NCCC(=O)Nc1ccc(Br)cc1)NCC(C)C. The van der Waals surface area contributed by atoms with E-state index >= 15 is 0 Å². The first-order valence-corrected chi connectivity index (χ1v) is 7.80. The van der Waals surface area contributed by atoms with Crippen LogP contribution in [0.25, 0.3) is 0 Å². The number of halogens is 1. The Balaban J connectivity index is 2.28. The van der Waals surface area contributed by atoms with Gasteiger partial charge in [0.1, 0.15) is 0 Å². The highest BCUT2D eigenvalue weighted by Crippen LogP contribution is 2.14. The molecule has 6 heteroatoms. The van der Waals surface area contributed by atoms with Crippen LogP contribution in [0.1, 0.15) is 20.3 Å². The quantitative estimate of drug-likeness (QED) is 0.543. The van der Waals surface area contributed by atoms with Gasteiger partial charge in [0.2, 0.25) is 5.91 Å². The Hall–Kier alpha value is -1.56. The summed E-state index contributed by atoms with van der Waals surface area (Å²) in [5.41, 5.74) is 0.797. The number of benzene rings is 1. The van der Waals surface area contributed by atoms with Crippen molar-refractivity contribution in [2.24, 2.45) is 10.9 Å². The molecule has 0 saturated carbocycles. The van der Waals surface area contributed by atoms with Gasteiger partial charge in [0.05, 0.1) is 0 Å². The Bertz CT molecular complexity index is 471. The van der Waals surface area contributed by atoms with Crippen LogP contribution in [0.4, 0.5) is 5.69 Å². The maximum Gasteiger partial charge on any atom is 0.226 e. The number of anilines is 1. The molecule has 0 unspecified atom stereocenters. The summed E-state index contributed by atoms with van der Waals surface area (Å²) in [7, 11) is 1.72. The van der Waals surface area contributed by atoms with E-state index in [9.17, 15) is 4.79 Å². The Morgan fingerprint density at radius 3 is 2.48 bits per heavy atom. The number of amides is 1. The third kappa shape index (κ3) is 7.70. The van der Waals surface area contributed by atoms with E-state index in [0.29, 0.717) is 18.9 Å². The van der Waals surface area contributed by atoms with Crippen molar-refractivity contribution in [2.75, 3.05) is 25.5 Å². The number of rotatable bonds is 6. The zero-order valence-electron chi connectivity index (χ0n) is 12.7. The first-order chi connectivity index (χ1) is 10.0. The number of nitrogens with zero attached hydrogens (tertiary/aromatic N) is 1. The molecule has 0 aliphatic heterocycles. The minimum Gasteiger partial charge on any atom is -0.356 e. The lowest BCUT2D eigenvalue weighted by atomic mass is 10.2. The predicted molar refractivity (Wildman–Crippen MR) is 91.6 cm³/mol. The molecule has 0 saturated heterocycles. The normalized spacial score (nSPS) is 11.4. The van der Waals surface area contributed by atoms with Crippen LogP contribution < -0.4 is 16.0 Å². The number of aliphatic imine (C=N–C) groups is 1. The fourth-order valence-electron chi connectivity index (χ4n) is 1.57. The molecule has 0 heterocycles. The molecule has 0 spiro atoms. The first-order valence-electron chi connectivity index (χ1n) is 7.01. The fraction of sp³-hybridized carbons (Fsp3) is 0.467. The summed E-state index contributed by atoms with van der Waals surface area (Å²) in [5, 5.41) is 9.17. The zero-order valence-corrected chi connectivity index (χ0v) is 14.3. The van der Waals surface area contributed by atoms with E-state index in [1.54, 1.807) is 7.05 Å². The van der Waals surface area contributed by atoms with Crippen LogP contribution in [0.3, 0.4) is 0 Å². The molecular formula is C15H23BrN4O. The third-order valence-electron chi connectivity index (χ3n) is 2.67. The predicted octanol–water partition coefficient (Wildman–Crippen LogP) is 2.60. The average Bonchev–Trinajstić information content (AvgIpc) is 2.45. The second kappa shape index (κ2) is 9.39. The topological polar surface area (TPSA) is 65.5 Å². The number of hydrogen-bond acceptors (Lipinski definition) is 2. The smallest absolute Gasteiger partial charge is 0.226 e. The molecule has 21 heavy (non-hydrogen) atoms. The largest absolute Gasteiger partial charge is 0.356 e. The Morgan fingerprint density at radius 2 is 1.90 bits per heavy atom. The molecule has 1 aromatic carbocycles. The molecule has 1 rings (SSSR count). The van der Waals surface area contributed by atoms with Gasteiger partial charge in [-0.15, -0.1) is 0 Å². The molecule has 0 aliphatic rings. The molecule has 116 valence electrons. The lowest BCUT2D eigenvalue weighted by Gasteiger charge is -2.13. The molecule has 1 amide bonds. The monoisotopic (exact) mass is 354 g/mol. The van der Waals surface area contributed by atoms with Gasteiger partial charge in [-0.25, -0.2) is 0 Å². The van der Waals surface area contributed by atoms with Gasteiger partial charge >= 0.3 is 0 Å². The maximum atomic E-state index is 11.8. The van der Waals surface area contributed by atoms with Crippen LogP contribution in [-0.2, 0) is 4.79 Å². The van der Waals surface area contributed by atoms with Gasteiger partial charge in [0, 0.05) is 36.7 Å². The molecule has 0 fully saturated rings. The number of carbonyl (C=O) groups is 1. The molecule has 0 radical (unpaired) electrons. The summed E-state index contributed by atoms with van der Waals surface area (Å²) in [5.74, 6) is 1.24. The molecule has 0 atom stereocenters. The standard InChI is InChI=1S/C15H23BrN4O/c1-11(2)10-19-15(17-3)18-9-8-14(21)20-13-6-4-12(16)5-7-13/h4-7,11H,8-10H2,1-3H3,(H,20,21)(H2,17,18,19). The summed E-state index contributed by atoms with van der Waals surface area (Å²) < 4.78 is 0.988. The average molecular weight is 355 g/mol. The molecule has 3 N–H and O–H groups in total. The molecular weight excluding hydrogens is 332 g/mol. The van der Waals surface area contributed by atoms with Gasteiger partial charge in [0.25, 0.3) is 0 Å². The van der Waals surface area contributed by atoms with Crippen LogP contribution in [0, 0.1) is 5.92 Å². The number of nitrogens with one attached hydrogen (secondary N) is 3. The lowest BCUT2D eigenvalue weighted by Crippen LogP contribution is -2.40. The van der Waals surface area contributed by atoms with Crippen molar-refractivity contribution in [2.45, 2.75) is 20.3 Å². The van der Waals surface area contributed by atoms with E-state index in [-0.39, 0.29) is 5.91 Å². The van der Waals surface area contributed by atoms with Gasteiger partial charge < -0.3 is 16.0 Å². The highest BCUT2D eigenvalue weighted by molar-refractivity contribution is 9.10. The summed E-state index contributed by atoms with van der Waals surface area (Å²) in [4.78, 5) is 15.9. The highest BCUT2D eigenvalue weighted by atomic mass is 79.9. The van der Waals surface area contributed by atoms with Crippen LogP contribution in [-0.4, -0.2) is 32.0 Å². The van der Waals surface area contributed by atoms with E-state index in [0.717, 1.165) is 22.7 Å². The van der Waals surface area contributed by atoms with Crippen molar-refractivity contribution in [3.63, 3.8) is 0 Å². The van der Waals surface area contributed by atoms with Crippen molar-refractivity contribution in [3.05, 3.63) is 28.7 Å². The van der Waals surface area contributed by atoms with Crippen molar-refractivity contribution in [1.29, 1.82) is 0 Å². The van der Waals surface area contributed by atoms with Crippen molar-refractivity contribution < 1.29 is 4.79 Å². The zero-order chi connectivity index (χ0) is 15.7. The van der Waals surface area contributed by atoms with E-state index in [1.807, 2.05) is 24.3 Å². The van der Waals surface area contributed by atoms with Crippen molar-refractivity contribution in [1.82, 2.24) is 10.6 Å². The minimum absolute atomic E-state index is 0.0239. The highest BCUT2D eigenvalue weighted by Gasteiger charge is 2.04. The van der Waals surface area contributed by atoms with Gasteiger partial charge in [-0.3, -0.25) is 9.79 Å². The van der Waals surface area contributed by atoms with Crippen molar-refractivity contribution in [3.8, 4) is 0 Å². The van der Waals surface area contributed by atoms with E-state index < -0.39 is 0 Å². The summed E-state index contributed by atoms with van der Waals surface area (Å²) in [6, 6.07) is 7.51. The van der Waals surface area contributed by atoms with Gasteiger partial charge in [-0.2, -0.15) is 0 Å². The van der Waals surface area contributed by atoms with Crippen LogP contribution >= 0.6 is 15.9 Å². The second-order valence-electron chi connectivity index (χ2n) is 5.08. The van der Waals surface area contributed by atoms with Crippen LogP contribution in [0.15, 0.2) is 33.7 Å². The Morgan fingerprint density at radius 1 is 1.24 bits per heavy atom. The van der Waals surface area contributed by atoms with Crippen LogP contribution in [0.5, 0.6) is 0 Å². The van der Waals surface area contributed by atoms with Gasteiger partial charge in [0.15, 0.2) is 5.96 Å². The van der Waals surface area contributed by atoms with E-state index in [1.165, 1.54) is 0 Å². The van der Waals surface area contributed by atoms with Crippen LogP contribution in [0.2, 0.25) is 0 Å². The Labute approximate surface area is 134 Å². The maximum absolute atomic E-state index is 11.8. The molecule has 0 aliphatic carbocycles. The van der Waals surface area contributed by atoms with Gasteiger partial charge in [-0.05, 0) is 30.2 Å². The number of guanidine groups is 1. The molecule has 5 nitrogen and oxygen atoms in total. The summed E-state index contributed by atoms with van der Waals surface area (Å²) in [6.45, 7) is 5.66. The van der Waals surface area contributed by atoms with Crippen molar-refractivity contribution >= 4 is 33.5 Å². The third-order valence-corrected chi connectivity index (χ3v) is 3.20. The Kier molecular flexibility index (Phi) is 7.82. The lowest BCUT2D eigenvalue weighted by molar-refractivity contribution is -0.116. The first kappa shape index (κ1) is 17.5. The molecule has 0 aromatic heterocycles. The van der Waals surface area contributed by atoms with E-state index in [2.05, 4.69) is 50.7 Å². The van der Waals surface area contributed by atoms with E-state index in [4.69, 9.17) is 0 Å². The fourth-order valence-corrected chi connectivity index (χ4v) is 1.84. The second-order valence-corrected chi connectivity index (χ2v) is 5.99. The summed E-state index contributed by atoms with van der Waals surface area (Å²) in [6.07, 6.45) is 0.387. The number of carbonyl (C=O) groups excluding carboxylic acids is 1. The summed E-state index contributed by atoms with van der Waals surface area (Å²) >= 11 is 3.36. The molecule has 0 bridgehead atoms. The molecule has 1 aromatic rings.